The number of nitrogens with zero attached hydrogens (tertiary/aromatic N) is 3. The minimum Gasteiger partial charge on any atom is -0.493 e. The molecule has 0 radical (unpaired) electrons. The van der Waals surface area contributed by atoms with Crippen molar-refractivity contribution in [3.05, 3.63) is 102 Å². The molecule has 0 atom stereocenters. The molecule has 33 heavy (non-hydrogen) atoms. The van der Waals surface area contributed by atoms with Crippen molar-refractivity contribution in [1.82, 2.24) is 14.8 Å². The molecule has 0 aliphatic heterocycles. The highest BCUT2D eigenvalue weighted by Gasteiger charge is 2.14. The average Bonchev–Trinajstić information content (AvgIpc) is 3.24. The first kappa shape index (κ1) is 23.1. The van der Waals surface area contributed by atoms with Crippen LogP contribution in [0.1, 0.15) is 5.82 Å². The summed E-state index contributed by atoms with van der Waals surface area (Å²) < 4.78 is 15.0. The van der Waals surface area contributed by atoms with Crippen molar-refractivity contribution in [2.24, 2.45) is 0 Å². The van der Waals surface area contributed by atoms with Crippen molar-refractivity contribution < 1.29 is 9.47 Å². The van der Waals surface area contributed by atoms with Crippen LogP contribution in [0.2, 0.25) is 0 Å². The molecular formula is C26H24BrN3O2S. The number of hydrogen-bond donors (Lipinski definition) is 0. The van der Waals surface area contributed by atoms with E-state index in [9.17, 15) is 0 Å². The van der Waals surface area contributed by atoms with Crippen molar-refractivity contribution >= 4 is 27.7 Å². The number of benzene rings is 3. The van der Waals surface area contributed by atoms with Crippen molar-refractivity contribution in [3.63, 3.8) is 0 Å². The fraction of sp³-hybridized carbons (Fsp3) is 0.154. The van der Waals surface area contributed by atoms with Gasteiger partial charge in [-0.1, -0.05) is 82.3 Å². The maximum Gasteiger partial charge on any atom is 0.191 e. The highest BCUT2D eigenvalue weighted by Crippen LogP contribution is 2.30. The Morgan fingerprint density at radius 2 is 1.67 bits per heavy atom. The molecule has 0 spiro atoms. The second-order valence-electron chi connectivity index (χ2n) is 7.10. The predicted octanol–water partition coefficient (Wildman–Crippen LogP) is 6.64. The molecule has 0 unspecified atom stereocenters. The van der Waals surface area contributed by atoms with E-state index in [4.69, 9.17) is 9.47 Å². The number of para-hydroxylation sites is 1. The lowest BCUT2D eigenvalue weighted by Crippen LogP contribution is -2.08. The van der Waals surface area contributed by atoms with Gasteiger partial charge in [-0.05, 0) is 35.9 Å². The van der Waals surface area contributed by atoms with E-state index in [0.29, 0.717) is 19.8 Å². The standard InChI is InChI=1S/C26H24BrN3O2S/c1-2-16-30-25(19-32-24-11-7-6-10-23(24)20-8-4-3-5-9-20)28-29-26(30)33-18-17-31-22-14-12-21(27)13-15-22/h2-15H,1,16-19H2. The maximum atomic E-state index is 6.18. The Kier molecular flexibility index (Phi) is 8.22. The third kappa shape index (κ3) is 6.27. The molecule has 1 aromatic heterocycles. The molecular weight excluding hydrogens is 498 g/mol. The summed E-state index contributed by atoms with van der Waals surface area (Å²) in [5, 5.41) is 9.57. The highest BCUT2D eigenvalue weighted by molar-refractivity contribution is 9.10. The first-order valence-electron chi connectivity index (χ1n) is 10.6. The zero-order valence-corrected chi connectivity index (χ0v) is 20.5. The molecule has 0 fully saturated rings. The summed E-state index contributed by atoms with van der Waals surface area (Å²) in [6, 6.07) is 26.1. The van der Waals surface area contributed by atoms with Gasteiger partial charge in [-0.25, -0.2) is 0 Å². The Balaban J connectivity index is 1.39. The number of halogens is 1. The van der Waals surface area contributed by atoms with Gasteiger partial charge in [-0.15, -0.1) is 16.8 Å². The van der Waals surface area contributed by atoms with Crippen LogP contribution in [0.4, 0.5) is 0 Å². The van der Waals surface area contributed by atoms with Crippen LogP contribution >= 0.6 is 27.7 Å². The second-order valence-corrected chi connectivity index (χ2v) is 9.08. The van der Waals surface area contributed by atoms with Crippen LogP contribution in [-0.2, 0) is 13.2 Å². The molecule has 1 heterocycles. The molecule has 0 aliphatic carbocycles. The van der Waals surface area contributed by atoms with Gasteiger partial charge in [-0.2, -0.15) is 0 Å². The summed E-state index contributed by atoms with van der Waals surface area (Å²) in [5.74, 6) is 3.17. The van der Waals surface area contributed by atoms with Gasteiger partial charge in [0.25, 0.3) is 0 Å². The maximum absolute atomic E-state index is 6.18. The van der Waals surface area contributed by atoms with E-state index in [0.717, 1.165) is 43.8 Å². The number of aromatic nitrogens is 3. The second kappa shape index (κ2) is 11.7. The van der Waals surface area contributed by atoms with Crippen molar-refractivity contribution in [1.29, 1.82) is 0 Å². The first-order chi connectivity index (χ1) is 16.2. The zero-order chi connectivity index (χ0) is 22.9. The van der Waals surface area contributed by atoms with Crippen LogP contribution in [-0.4, -0.2) is 27.1 Å². The van der Waals surface area contributed by atoms with Gasteiger partial charge in [0.2, 0.25) is 0 Å². The topological polar surface area (TPSA) is 49.2 Å². The molecule has 0 N–H and O–H groups in total. The van der Waals surface area contributed by atoms with Crippen LogP contribution in [0.3, 0.4) is 0 Å². The fourth-order valence-corrected chi connectivity index (χ4v) is 4.31. The normalized spacial score (nSPS) is 10.7. The lowest BCUT2D eigenvalue weighted by atomic mass is 10.1. The Labute approximate surface area is 206 Å². The van der Waals surface area contributed by atoms with Crippen LogP contribution in [0, 0.1) is 0 Å². The minimum atomic E-state index is 0.320. The van der Waals surface area contributed by atoms with Gasteiger partial charge in [0, 0.05) is 22.3 Å². The predicted molar refractivity (Wildman–Crippen MR) is 137 cm³/mol. The number of ether oxygens (including phenoxy) is 2. The van der Waals surface area contributed by atoms with E-state index >= 15 is 0 Å². The van der Waals surface area contributed by atoms with Gasteiger partial charge < -0.3 is 9.47 Å². The molecule has 168 valence electrons. The first-order valence-corrected chi connectivity index (χ1v) is 12.3. The van der Waals surface area contributed by atoms with E-state index in [1.807, 2.05) is 71.3 Å². The summed E-state index contributed by atoms with van der Waals surface area (Å²) >= 11 is 5.03. The lowest BCUT2D eigenvalue weighted by molar-refractivity contribution is 0.290. The van der Waals surface area contributed by atoms with Gasteiger partial charge >= 0.3 is 0 Å². The zero-order valence-electron chi connectivity index (χ0n) is 18.1. The largest absolute Gasteiger partial charge is 0.493 e. The quantitative estimate of drug-likeness (QED) is 0.126. The fourth-order valence-electron chi connectivity index (χ4n) is 3.26. The summed E-state index contributed by atoms with van der Waals surface area (Å²) in [5.41, 5.74) is 2.16. The number of allylic oxidation sites excluding steroid dienone is 1. The molecule has 4 aromatic rings. The highest BCUT2D eigenvalue weighted by atomic mass is 79.9. The smallest absolute Gasteiger partial charge is 0.191 e. The van der Waals surface area contributed by atoms with E-state index in [-0.39, 0.29) is 0 Å². The van der Waals surface area contributed by atoms with Gasteiger partial charge in [-0.3, -0.25) is 4.57 Å². The average molecular weight is 522 g/mol. The molecule has 0 aliphatic rings. The Hall–Kier alpha value is -3.03. The third-order valence-corrected chi connectivity index (χ3v) is 6.29. The lowest BCUT2D eigenvalue weighted by Gasteiger charge is -2.12. The minimum absolute atomic E-state index is 0.320. The van der Waals surface area contributed by atoms with Crippen LogP contribution in [0.5, 0.6) is 11.5 Å². The SMILES string of the molecule is C=CCn1c(COc2ccccc2-c2ccccc2)nnc1SCCOc1ccc(Br)cc1. The Bertz CT molecular complexity index is 1180. The van der Waals surface area contributed by atoms with Crippen LogP contribution in [0.15, 0.2) is 101 Å². The van der Waals surface area contributed by atoms with Gasteiger partial charge in [0.15, 0.2) is 11.0 Å². The molecule has 4 rings (SSSR count). The number of thioether (sulfide) groups is 1. The van der Waals surface area contributed by atoms with Crippen molar-refractivity contribution in [2.45, 2.75) is 18.3 Å². The molecule has 7 heteroatoms. The molecule has 0 amide bonds. The molecule has 0 saturated heterocycles. The van der Waals surface area contributed by atoms with E-state index < -0.39 is 0 Å². The summed E-state index contributed by atoms with van der Waals surface area (Å²) in [6.07, 6.45) is 1.84. The molecule has 3 aromatic carbocycles. The third-order valence-electron chi connectivity index (χ3n) is 4.83. The summed E-state index contributed by atoms with van der Waals surface area (Å²) in [4.78, 5) is 0. The Morgan fingerprint density at radius 3 is 2.45 bits per heavy atom. The van der Waals surface area contributed by atoms with Gasteiger partial charge in [0.1, 0.15) is 18.1 Å². The van der Waals surface area contributed by atoms with Crippen LogP contribution in [0.25, 0.3) is 11.1 Å². The summed E-state index contributed by atoms with van der Waals surface area (Å²) in [7, 11) is 0. The van der Waals surface area contributed by atoms with Crippen LogP contribution < -0.4 is 9.47 Å². The monoisotopic (exact) mass is 521 g/mol. The van der Waals surface area contributed by atoms with E-state index in [1.165, 1.54) is 0 Å². The molecule has 5 nitrogen and oxygen atoms in total. The van der Waals surface area contributed by atoms with E-state index in [2.05, 4.69) is 50.9 Å². The van der Waals surface area contributed by atoms with E-state index in [1.54, 1.807) is 11.8 Å². The van der Waals surface area contributed by atoms with Gasteiger partial charge in [0.05, 0.1) is 6.61 Å². The number of rotatable bonds is 11. The number of hydrogen-bond acceptors (Lipinski definition) is 5. The van der Waals surface area contributed by atoms with Crippen molar-refractivity contribution in [3.8, 4) is 22.6 Å². The van der Waals surface area contributed by atoms with Crippen molar-refractivity contribution in [2.75, 3.05) is 12.4 Å². The summed E-state index contributed by atoms with van der Waals surface area (Å²) in [6.45, 7) is 5.38. The molecule has 0 saturated carbocycles. The molecule has 0 bridgehead atoms. The Morgan fingerprint density at radius 1 is 0.909 bits per heavy atom.